The van der Waals surface area contributed by atoms with Gasteiger partial charge in [0.2, 0.25) is 11.8 Å². The van der Waals surface area contributed by atoms with Crippen LogP contribution in [0.1, 0.15) is 52.4 Å². The molecule has 1 saturated heterocycles. The van der Waals surface area contributed by atoms with E-state index in [1.54, 1.807) is 10.9 Å². The lowest BCUT2D eigenvalue weighted by Gasteiger charge is -2.37. The Hall–Kier alpha value is -2.75. The lowest BCUT2D eigenvalue weighted by molar-refractivity contribution is 0.163. The van der Waals surface area contributed by atoms with Crippen LogP contribution < -0.4 is 10.5 Å². The Morgan fingerprint density at radius 3 is 2.55 bits per heavy atom. The molecule has 1 atom stereocenters. The first-order valence-corrected chi connectivity index (χ1v) is 10.1. The summed E-state index contributed by atoms with van der Waals surface area (Å²) in [6, 6.07) is 0.0572. The fourth-order valence-corrected chi connectivity index (χ4v) is 3.61. The molecular formula is C19H28N8O2. The van der Waals surface area contributed by atoms with Crippen molar-refractivity contribution in [2.75, 3.05) is 31.1 Å². The van der Waals surface area contributed by atoms with Crippen LogP contribution in [0.25, 0.3) is 11.0 Å². The molecule has 156 valence electrons. The first kappa shape index (κ1) is 19.6. The highest BCUT2D eigenvalue weighted by Crippen LogP contribution is 2.23. The van der Waals surface area contributed by atoms with Gasteiger partial charge in [-0.15, -0.1) is 0 Å². The van der Waals surface area contributed by atoms with Crippen LogP contribution in [-0.2, 0) is 12.0 Å². The lowest BCUT2D eigenvalue weighted by atomic mass is 10.1. The van der Waals surface area contributed by atoms with Gasteiger partial charge in [0, 0.05) is 32.6 Å². The molecule has 3 aromatic rings. The third kappa shape index (κ3) is 3.64. The van der Waals surface area contributed by atoms with E-state index in [0.29, 0.717) is 22.9 Å². The molecule has 0 aromatic carbocycles. The largest absolute Gasteiger partial charge is 0.340 e. The van der Waals surface area contributed by atoms with Crippen LogP contribution in [0.3, 0.4) is 0 Å². The van der Waals surface area contributed by atoms with Gasteiger partial charge in [-0.05, 0) is 27.7 Å². The summed E-state index contributed by atoms with van der Waals surface area (Å²) < 4.78 is 7.20. The van der Waals surface area contributed by atoms with Gasteiger partial charge >= 0.3 is 0 Å². The molecule has 0 bridgehead atoms. The van der Waals surface area contributed by atoms with Crippen LogP contribution in [-0.4, -0.2) is 61.0 Å². The minimum absolute atomic E-state index is 0.0572. The van der Waals surface area contributed by atoms with Crippen LogP contribution in [0.5, 0.6) is 0 Å². The predicted molar refractivity (Wildman–Crippen MR) is 109 cm³/mol. The number of rotatable bonds is 4. The van der Waals surface area contributed by atoms with Gasteiger partial charge in [-0.2, -0.15) is 15.1 Å². The Bertz CT molecular complexity index is 1050. The highest BCUT2D eigenvalue weighted by Gasteiger charge is 2.27. The smallest absolute Gasteiger partial charge is 0.263 e. The molecule has 0 saturated carbocycles. The van der Waals surface area contributed by atoms with E-state index in [9.17, 15) is 4.79 Å². The Labute approximate surface area is 168 Å². The summed E-state index contributed by atoms with van der Waals surface area (Å²) in [5.41, 5.74) is 0.203. The summed E-state index contributed by atoms with van der Waals surface area (Å²) in [4.78, 5) is 29.1. The molecule has 1 N–H and O–H groups in total. The molecule has 10 nitrogen and oxygen atoms in total. The molecule has 1 aliphatic heterocycles. The Kier molecular flexibility index (Phi) is 4.89. The second-order valence-corrected chi connectivity index (χ2v) is 8.46. The van der Waals surface area contributed by atoms with E-state index in [4.69, 9.17) is 9.51 Å². The van der Waals surface area contributed by atoms with Crippen molar-refractivity contribution in [3.8, 4) is 0 Å². The van der Waals surface area contributed by atoms with Crippen molar-refractivity contribution < 1.29 is 4.52 Å². The highest BCUT2D eigenvalue weighted by molar-refractivity contribution is 5.74. The summed E-state index contributed by atoms with van der Waals surface area (Å²) in [7, 11) is 0. The van der Waals surface area contributed by atoms with Crippen LogP contribution in [0.15, 0.2) is 15.5 Å². The van der Waals surface area contributed by atoms with Gasteiger partial charge < -0.3 is 9.42 Å². The molecule has 1 aliphatic rings. The molecule has 10 heteroatoms. The predicted octanol–water partition coefficient (Wildman–Crippen LogP) is 1.70. The van der Waals surface area contributed by atoms with E-state index >= 15 is 0 Å². The molecule has 0 aliphatic carbocycles. The number of nitrogens with zero attached hydrogens (tertiary/aromatic N) is 7. The molecule has 1 fully saturated rings. The van der Waals surface area contributed by atoms with Gasteiger partial charge in [-0.25, -0.2) is 4.68 Å². The topological polar surface area (TPSA) is 109 Å². The number of H-pyrrole nitrogens is 1. The molecule has 0 radical (unpaired) electrons. The van der Waals surface area contributed by atoms with Crippen molar-refractivity contribution in [1.29, 1.82) is 0 Å². The maximum Gasteiger partial charge on any atom is 0.263 e. The minimum atomic E-state index is -0.255. The number of anilines is 1. The maximum atomic E-state index is 12.6. The number of nitrogens with one attached hydrogen (secondary N) is 1. The molecule has 3 aromatic heterocycles. The van der Waals surface area contributed by atoms with E-state index < -0.39 is 0 Å². The zero-order valence-corrected chi connectivity index (χ0v) is 17.6. The molecule has 29 heavy (non-hydrogen) atoms. The molecule has 4 rings (SSSR count). The van der Waals surface area contributed by atoms with Crippen molar-refractivity contribution in [2.45, 2.75) is 52.6 Å². The average molecular weight is 400 g/mol. The normalized spacial score (nSPS) is 17.2. The monoisotopic (exact) mass is 400 g/mol. The van der Waals surface area contributed by atoms with Crippen molar-refractivity contribution in [2.24, 2.45) is 0 Å². The second-order valence-electron chi connectivity index (χ2n) is 8.46. The minimum Gasteiger partial charge on any atom is -0.340 e. The molecule has 4 heterocycles. The van der Waals surface area contributed by atoms with E-state index in [0.717, 1.165) is 38.4 Å². The standard InChI is InChI=1S/C19H28N8O2/c1-6-14-21-17(29-24-14)12(2)25-7-9-26(10-8-25)18-22-15-13(16(28)23-18)11-20-27(15)19(3,4)5/h11-12H,6-10H2,1-5H3,(H,22,23,28). The third-order valence-corrected chi connectivity index (χ3v) is 5.38. The van der Waals surface area contributed by atoms with Crippen LogP contribution >= 0.6 is 0 Å². The lowest BCUT2D eigenvalue weighted by Crippen LogP contribution is -2.48. The highest BCUT2D eigenvalue weighted by atomic mass is 16.5. The van der Waals surface area contributed by atoms with E-state index in [-0.39, 0.29) is 17.1 Å². The number of aromatic nitrogens is 6. The van der Waals surface area contributed by atoms with Crippen molar-refractivity contribution >= 4 is 17.0 Å². The third-order valence-electron chi connectivity index (χ3n) is 5.38. The van der Waals surface area contributed by atoms with Gasteiger partial charge in [0.15, 0.2) is 11.5 Å². The summed E-state index contributed by atoms with van der Waals surface area (Å²) >= 11 is 0. The van der Waals surface area contributed by atoms with E-state index in [1.807, 2.05) is 27.7 Å². The quantitative estimate of drug-likeness (QED) is 0.705. The number of piperazine rings is 1. The van der Waals surface area contributed by atoms with Crippen molar-refractivity contribution in [3.05, 3.63) is 28.3 Å². The van der Waals surface area contributed by atoms with Gasteiger partial charge in [0.25, 0.3) is 5.56 Å². The zero-order chi connectivity index (χ0) is 20.8. The van der Waals surface area contributed by atoms with Crippen molar-refractivity contribution in [1.82, 2.24) is 34.8 Å². The second kappa shape index (κ2) is 7.25. The number of hydrogen-bond donors (Lipinski definition) is 1. The molecular weight excluding hydrogens is 372 g/mol. The molecule has 1 unspecified atom stereocenters. The summed E-state index contributed by atoms with van der Waals surface area (Å²) in [5, 5.41) is 8.88. The Morgan fingerprint density at radius 1 is 1.21 bits per heavy atom. The van der Waals surface area contributed by atoms with E-state index in [1.165, 1.54) is 0 Å². The van der Waals surface area contributed by atoms with Crippen LogP contribution in [0.4, 0.5) is 5.95 Å². The number of aromatic amines is 1. The SMILES string of the molecule is CCc1noc(C(C)N2CCN(c3nc4c(cnn4C(C)(C)C)c(=O)[nH]3)CC2)n1. The van der Waals surface area contributed by atoms with Gasteiger partial charge in [-0.1, -0.05) is 12.1 Å². The average Bonchev–Trinajstić information content (AvgIpc) is 3.34. The number of fused-ring (bicyclic) bond motifs is 1. The van der Waals surface area contributed by atoms with Crippen molar-refractivity contribution in [3.63, 3.8) is 0 Å². The summed E-state index contributed by atoms with van der Waals surface area (Å²) in [5.74, 6) is 1.97. The summed E-state index contributed by atoms with van der Waals surface area (Å²) in [6.45, 7) is 13.3. The van der Waals surface area contributed by atoms with Crippen LogP contribution in [0.2, 0.25) is 0 Å². The number of aryl methyl sites for hydroxylation is 1. The van der Waals surface area contributed by atoms with Gasteiger partial charge in [-0.3, -0.25) is 14.7 Å². The fourth-order valence-electron chi connectivity index (χ4n) is 3.61. The first-order valence-electron chi connectivity index (χ1n) is 10.1. The van der Waals surface area contributed by atoms with Gasteiger partial charge in [0.1, 0.15) is 5.39 Å². The summed E-state index contributed by atoms with van der Waals surface area (Å²) in [6.07, 6.45) is 2.35. The van der Waals surface area contributed by atoms with Gasteiger partial charge in [0.05, 0.1) is 17.8 Å². The first-order chi connectivity index (χ1) is 13.8. The fraction of sp³-hybridized carbons (Fsp3) is 0.632. The molecule has 0 spiro atoms. The number of hydrogen-bond acceptors (Lipinski definition) is 8. The Morgan fingerprint density at radius 2 is 1.93 bits per heavy atom. The maximum absolute atomic E-state index is 12.6. The van der Waals surface area contributed by atoms with Crippen LogP contribution in [0, 0.1) is 0 Å². The Balaban J connectivity index is 1.52. The van der Waals surface area contributed by atoms with E-state index in [2.05, 4.69) is 36.9 Å². The molecule has 0 amide bonds. The zero-order valence-electron chi connectivity index (χ0n) is 17.6.